The van der Waals surface area contributed by atoms with E-state index in [1.807, 2.05) is 24.4 Å². The van der Waals surface area contributed by atoms with E-state index in [-0.39, 0.29) is 0 Å². The molecule has 3 aromatic rings. The Labute approximate surface area is 112 Å². The molecule has 2 aromatic heterocycles. The molecule has 98 valence electrons. The van der Waals surface area contributed by atoms with Crippen molar-refractivity contribution in [2.45, 2.75) is 19.5 Å². The van der Waals surface area contributed by atoms with Gasteiger partial charge in [0, 0.05) is 11.5 Å². The predicted octanol–water partition coefficient (Wildman–Crippen LogP) is 0.577. The molecule has 0 spiro atoms. The van der Waals surface area contributed by atoms with Crippen molar-refractivity contribution in [2.24, 2.45) is 14.1 Å². The van der Waals surface area contributed by atoms with Crippen LogP contribution in [0.4, 0.5) is 0 Å². The third-order valence-corrected chi connectivity index (χ3v) is 3.46. The molecule has 5 nitrogen and oxygen atoms in total. The van der Waals surface area contributed by atoms with Crippen LogP contribution in [0.3, 0.4) is 0 Å². The topological polar surface area (TPSA) is 30.5 Å². The zero-order chi connectivity index (χ0) is 13.2. The van der Waals surface area contributed by atoms with Crippen molar-refractivity contribution in [3.05, 3.63) is 43.1 Å². The van der Waals surface area contributed by atoms with Gasteiger partial charge in [-0.05, 0) is 12.1 Å². The second kappa shape index (κ2) is 4.84. The number of para-hydroxylation sites is 1. The summed E-state index contributed by atoms with van der Waals surface area (Å²) in [6.45, 7) is 2.00. The second-order valence-electron chi connectivity index (χ2n) is 4.89. The molecule has 0 unspecified atom stereocenters. The molecule has 0 atom stereocenters. The first-order chi connectivity index (χ1) is 9.24. The number of hydrogen-bond donors (Lipinski definition) is 0. The first-order valence-corrected chi connectivity index (χ1v) is 6.56. The van der Waals surface area contributed by atoms with E-state index in [1.54, 1.807) is 0 Å². The van der Waals surface area contributed by atoms with Gasteiger partial charge < -0.3 is 0 Å². The van der Waals surface area contributed by atoms with Gasteiger partial charge in [0.25, 0.3) is 6.33 Å². The third-order valence-electron chi connectivity index (χ3n) is 3.46. The Morgan fingerprint density at radius 2 is 2.00 bits per heavy atom. The lowest BCUT2D eigenvalue weighted by Gasteiger charge is -1.97. The Morgan fingerprint density at radius 3 is 2.74 bits per heavy atom. The number of nitrogens with zero attached hydrogens (tertiary/aromatic N) is 5. The molecule has 0 N–H and O–H groups in total. The van der Waals surface area contributed by atoms with Gasteiger partial charge in [0.1, 0.15) is 5.52 Å². The van der Waals surface area contributed by atoms with E-state index in [1.165, 1.54) is 10.9 Å². The maximum atomic E-state index is 4.16. The lowest BCUT2D eigenvalue weighted by molar-refractivity contribution is -0.780. The van der Waals surface area contributed by atoms with Crippen LogP contribution in [0.5, 0.6) is 0 Å². The molecule has 0 amide bonds. The first-order valence-electron chi connectivity index (χ1n) is 6.56. The van der Waals surface area contributed by atoms with Crippen LogP contribution in [-0.4, -0.2) is 14.5 Å². The van der Waals surface area contributed by atoms with Crippen molar-refractivity contribution >= 4 is 10.9 Å². The van der Waals surface area contributed by atoms with Crippen molar-refractivity contribution in [1.82, 2.24) is 14.5 Å². The van der Waals surface area contributed by atoms with Gasteiger partial charge in [-0.25, -0.2) is 4.57 Å². The molecule has 0 radical (unpaired) electrons. The van der Waals surface area contributed by atoms with Gasteiger partial charge in [-0.3, -0.25) is 0 Å². The summed E-state index contributed by atoms with van der Waals surface area (Å²) in [5, 5.41) is 5.45. The molecule has 0 saturated carbocycles. The van der Waals surface area contributed by atoms with E-state index in [2.05, 4.69) is 56.5 Å². The van der Waals surface area contributed by atoms with Gasteiger partial charge in [0.15, 0.2) is 6.54 Å². The molecule has 0 bridgehead atoms. The monoisotopic (exact) mass is 257 g/mol. The minimum Gasteiger partial charge on any atom is -0.237 e. The summed E-state index contributed by atoms with van der Waals surface area (Å²) in [6.07, 6.45) is 7.17. The van der Waals surface area contributed by atoms with Crippen LogP contribution in [-0.2, 0) is 27.2 Å². The van der Waals surface area contributed by atoms with E-state index in [4.69, 9.17) is 0 Å². The first kappa shape index (κ1) is 11.9. The molecular weight excluding hydrogens is 238 g/mol. The molecular formula is C14H19N5+2. The summed E-state index contributed by atoms with van der Waals surface area (Å²) >= 11 is 0. The fraction of sp³-hybridized carbons (Fsp3) is 0.357. The average molecular weight is 257 g/mol. The van der Waals surface area contributed by atoms with Crippen LogP contribution in [0.1, 0.15) is 6.42 Å². The highest BCUT2D eigenvalue weighted by atomic mass is 15.4. The number of hydrogen-bond acceptors (Lipinski definition) is 1. The largest absolute Gasteiger partial charge is 0.265 e. The number of fused-ring (bicyclic) bond motifs is 1. The van der Waals surface area contributed by atoms with Gasteiger partial charge in [-0.1, -0.05) is 12.1 Å². The van der Waals surface area contributed by atoms with Gasteiger partial charge in [-0.2, -0.15) is 4.68 Å². The number of aryl methyl sites for hydroxylation is 4. The molecule has 3 rings (SSSR count). The maximum Gasteiger partial charge on any atom is 0.265 e. The quantitative estimate of drug-likeness (QED) is 0.629. The zero-order valence-electron chi connectivity index (χ0n) is 11.4. The molecule has 19 heavy (non-hydrogen) atoms. The predicted molar refractivity (Wildman–Crippen MR) is 71.1 cm³/mol. The van der Waals surface area contributed by atoms with Gasteiger partial charge in [0.05, 0.1) is 26.0 Å². The van der Waals surface area contributed by atoms with E-state index in [0.717, 1.165) is 19.5 Å². The summed E-state index contributed by atoms with van der Waals surface area (Å²) in [6, 6.07) is 8.47. The van der Waals surface area contributed by atoms with E-state index >= 15 is 0 Å². The molecule has 0 aliphatic heterocycles. The maximum absolute atomic E-state index is 4.16. The minimum atomic E-state index is 0.988. The Bertz CT molecular complexity index is 695. The van der Waals surface area contributed by atoms with E-state index in [0.29, 0.717) is 0 Å². The summed E-state index contributed by atoms with van der Waals surface area (Å²) in [5.41, 5.74) is 1.27. The van der Waals surface area contributed by atoms with E-state index < -0.39 is 0 Å². The van der Waals surface area contributed by atoms with Crippen LogP contribution in [0.2, 0.25) is 0 Å². The van der Waals surface area contributed by atoms with Crippen molar-refractivity contribution in [3.63, 3.8) is 0 Å². The van der Waals surface area contributed by atoms with E-state index in [9.17, 15) is 0 Å². The molecule has 2 heterocycles. The molecule has 0 fully saturated rings. The molecule has 0 aliphatic carbocycles. The SMILES string of the molecule is Cn1c[n+](CCC[n+]2cc3ccccc3n2C)cn1. The Hall–Kier alpha value is -2.17. The number of aromatic nitrogens is 5. The van der Waals surface area contributed by atoms with Gasteiger partial charge >= 0.3 is 0 Å². The minimum absolute atomic E-state index is 0.988. The van der Waals surface area contributed by atoms with Crippen molar-refractivity contribution in [3.8, 4) is 0 Å². The van der Waals surface area contributed by atoms with Crippen molar-refractivity contribution in [1.29, 1.82) is 0 Å². The van der Waals surface area contributed by atoms with Gasteiger partial charge in [0.2, 0.25) is 12.5 Å². The molecule has 1 aromatic carbocycles. The molecule has 0 aliphatic rings. The third kappa shape index (κ3) is 2.36. The second-order valence-corrected chi connectivity index (χ2v) is 4.89. The molecule has 0 saturated heterocycles. The Kier molecular flexibility index (Phi) is 3.03. The molecule has 5 heteroatoms. The highest BCUT2D eigenvalue weighted by Crippen LogP contribution is 2.09. The smallest absolute Gasteiger partial charge is 0.237 e. The van der Waals surface area contributed by atoms with Crippen molar-refractivity contribution < 1.29 is 9.25 Å². The van der Waals surface area contributed by atoms with Crippen molar-refractivity contribution in [2.75, 3.05) is 0 Å². The fourth-order valence-corrected chi connectivity index (χ4v) is 2.44. The highest BCUT2D eigenvalue weighted by Gasteiger charge is 2.12. The van der Waals surface area contributed by atoms with Crippen LogP contribution in [0, 0.1) is 0 Å². The Balaban J connectivity index is 1.70. The summed E-state index contributed by atoms with van der Waals surface area (Å²) in [4.78, 5) is 0. The van der Waals surface area contributed by atoms with Crippen LogP contribution < -0.4 is 9.25 Å². The normalized spacial score (nSPS) is 11.3. The summed E-state index contributed by atoms with van der Waals surface area (Å²) in [5.74, 6) is 0. The number of rotatable bonds is 4. The Morgan fingerprint density at radius 1 is 1.16 bits per heavy atom. The van der Waals surface area contributed by atoms with Crippen LogP contribution in [0.25, 0.3) is 10.9 Å². The lowest BCUT2D eigenvalue weighted by atomic mass is 10.3. The lowest BCUT2D eigenvalue weighted by Crippen LogP contribution is -2.43. The summed E-state index contributed by atoms with van der Waals surface area (Å²) in [7, 11) is 4.05. The van der Waals surface area contributed by atoms with Gasteiger partial charge in [-0.15, -0.1) is 9.36 Å². The summed E-state index contributed by atoms with van der Waals surface area (Å²) < 4.78 is 8.41. The van der Waals surface area contributed by atoms with Crippen LogP contribution in [0.15, 0.2) is 43.1 Å². The fourth-order valence-electron chi connectivity index (χ4n) is 2.44. The standard InChI is InChI=1S/C14H19N5/c1-16-12-18(11-15-16)8-5-9-19-10-13-6-3-4-7-14(13)17(19)2/h3-4,6-7,10-12H,5,8-9H2,1-2H3/q+2. The zero-order valence-corrected chi connectivity index (χ0v) is 11.4. The highest BCUT2D eigenvalue weighted by molar-refractivity contribution is 5.76. The average Bonchev–Trinajstić information content (AvgIpc) is 2.96. The number of benzene rings is 1. The van der Waals surface area contributed by atoms with Crippen LogP contribution >= 0.6 is 0 Å².